The number of nitro groups is 1. The van der Waals surface area contributed by atoms with Crippen molar-refractivity contribution in [3.05, 3.63) is 106 Å². The number of H-pyrrole nitrogens is 1. The molecule has 6 aliphatic rings. The summed E-state index contributed by atoms with van der Waals surface area (Å²) in [6.07, 6.45) is 9.30. The molecule has 5 aliphatic heterocycles. The fourth-order valence-corrected chi connectivity index (χ4v) is 13.1. The van der Waals surface area contributed by atoms with E-state index in [4.69, 9.17) is 19.2 Å². The molecule has 5 aromatic rings. The summed E-state index contributed by atoms with van der Waals surface area (Å²) < 4.78 is 48.4. The van der Waals surface area contributed by atoms with E-state index in [1.54, 1.807) is 12.3 Å². The number of carbonyl (C=O) groups excluding carboxylic acids is 1. The zero-order chi connectivity index (χ0) is 48.4. The van der Waals surface area contributed by atoms with Crippen molar-refractivity contribution in [2.45, 2.75) is 106 Å². The molecule has 4 atom stereocenters. The molecule has 4 N–H and O–H groups in total. The largest absolute Gasteiger partial charge is 0.468 e. The van der Waals surface area contributed by atoms with Gasteiger partial charge in [-0.25, -0.2) is 13.1 Å². The molecule has 0 unspecified atom stereocenters. The van der Waals surface area contributed by atoms with Gasteiger partial charge >= 0.3 is 0 Å². The second-order valence-electron chi connectivity index (χ2n) is 20.8. The number of nitrogens with zero attached hydrogens (tertiary/aromatic N) is 5. The third-order valence-electron chi connectivity index (χ3n) is 16.2. The molecule has 1 aliphatic carbocycles. The van der Waals surface area contributed by atoms with Crippen molar-refractivity contribution in [2.75, 3.05) is 67.7 Å². The Morgan fingerprint density at radius 1 is 0.943 bits per heavy atom. The molecule has 3 aromatic carbocycles. The van der Waals surface area contributed by atoms with Gasteiger partial charge in [0.25, 0.3) is 21.6 Å². The minimum atomic E-state index is -4.60. The smallest absolute Gasteiger partial charge is 0.293 e. The van der Waals surface area contributed by atoms with Gasteiger partial charge in [0.1, 0.15) is 23.1 Å². The van der Waals surface area contributed by atoms with Crippen molar-refractivity contribution in [3.8, 4) is 5.88 Å². The average molecular weight is 975 g/mol. The number of carbonyl (C=O) groups is 1. The number of aromatic nitrogens is 2. The van der Waals surface area contributed by atoms with E-state index in [1.165, 1.54) is 23.3 Å². The summed E-state index contributed by atoms with van der Waals surface area (Å²) in [5, 5.41) is 27.5. The zero-order valence-corrected chi connectivity index (χ0v) is 40.6. The number of anilines is 4. The molecule has 0 radical (unpaired) electrons. The second-order valence-corrected chi connectivity index (χ2v) is 22.5. The van der Waals surface area contributed by atoms with Gasteiger partial charge in [0.15, 0.2) is 0 Å². The molecule has 18 heteroatoms. The van der Waals surface area contributed by atoms with Crippen LogP contribution >= 0.6 is 0 Å². The van der Waals surface area contributed by atoms with Crippen molar-refractivity contribution in [3.63, 3.8) is 0 Å². The maximum Gasteiger partial charge on any atom is 0.293 e. The van der Waals surface area contributed by atoms with Crippen LogP contribution < -0.4 is 24.6 Å². The van der Waals surface area contributed by atoms with Gasteiger partial charge in [0.2, 0.25) is 5.88 Å². The average Bonchev–Trinajstić information content (AvgIpc) is 3.81. The molecular weight excluding hydrogens is 913 g/mol. The SMILES string of the molecule is Cc1ccccc1[C@@H]1C[C@](C)(O)CCN1C1CC2(CCN(c3ccc(C(=O)NS(=O)(=O)c4ccc(NCC5CCOCC5)c([N+](=O)[O-])c4)c(N4c5cc6cc[nH]c6nc5O[C@H]5COCC[C@@H]54)c3)CC2)C1. The van der Waals surface area contributed by atoms with Crippen LogP contribution in [0.15, 0.2) is 83.9 Å². The number of aryl methyl sites for hydroxylation is 1. The molecule has 1 amide bonds. The van der Waals surface area contributed by atoms with Crippen LogP contribution in [0.4, 0.5) is 28.4 Å². The lowest BCUT2D eigenvalue weighted by molar-refractivity contribution is -0.384. The standard InChI is InChI=1S/C52H62N8O9S/c1-33-5-3-4-6-39(33)46-30-51(2,62)15-21-58(46)37-28-52(29-37)16-19-57(20-17-52)36-7-9-40(43(26-36)59-42-14-24-68-32-47(42)69-50-45(59)25-35-11-18-53-48(35)55-50)49(61)56-70(65,66)38-8-10-41(44(27-38)60(63)64)54-31-34-12-22-67-23-13-34/h3-11,18,25-27,34,37,42,46-47,54,62H,12-17,19-24,28-32H2,1-2H3,(H,53,55)(H,56,61)/t42-,46-,47-,51+/m0/s1. The first-order valence-electron chi connectivity index (χ1n) is 24.8. The van der Waals surface area contributed by atoms with Crippen molar-refractivity contribution in [1.29, 1.82) is 0 Å². The van der Waals surface area contributed by atoms with Crippen LogP contribution in [0.3, 0.4) is 0 Å². The Hall–Kier alpha value is -5.79. The monoisotopic (exact) mass is 974 g/mol. The maximum absolute atomic E-state index is 14.7. The van der Waals surface area contributed by atoms with Gasteiger partial charge in [-0.15, -0.1) is 0 Å². The lowest BCUT2D eigenvalue weighted by Crippen LogP contribution is -2.58. The normalized spacial score (nSPS) is 25.2. The Kier molecular flexibility index (Phi) is 12.3. The van der Waals surface area contributed by atoms with Gasteiger partial charge in [0.05, 0.1) is 39.3 Å². The first-order valence-corrected chi connectivity index (χ1v) is 26.3. The van der Waals surface area contributed by atoms with Gasteiger partial charge < -0.3 is 39.4 Å². The van der Waals surface area contributed by atoms with Crippen LogP contribution in [-0.2, 0) is 19.5 Å². The predicted molar refractivity (Wildman–Crippen MR) is 265 cm³/mol. The third-order valence-corrected chi connectivity index (χ3v) is 17.5. The second kappa shape index (κ2) is 18.4. The molecule has 7 heterocycles. The van der Waals surface area contributed by atoms with Gasteiger partial charge in [-0.05, 0) is 137 Å². The molecule has 370 valence electrons. The molecule has 11 rings (SSSR count). The van der Waals surface area contributed by atoms with Crippen LogP contribution in [0.25, 0.3) is 11.0 Å². The number of amides is 1. The van der Waals surface area contributed by atoms with Crippen molar-refractivity contribution in [1.82, 2.24) is 19.6 Å². The summed E-state index contributed by atoms with van der Waals surface area (Å²) in [5.41, 5.74) is 4.68. The highest BCUT2D eigenvalue weighted by Gasteiger charge is 2.51. The number of hydrogen-bond donors (Lipinski definition) is 4. The lowest BCUT2D eigenvalue weighted by atomic mass is 9.59. The summed E-state index contributed by atoms with van der Waals surface area (Å²) in [7, 11) is -4.60. The quantitative estimate of drug-likeness (QED) is 0.0738. The number of piperidine rings is 2. The van der Waals surface area contributed by atoms with Crippen molar-refractivity contribution < 1.29 is 37.5 Å². The number of fused-ring (bicyclic) bond motifs is 3. The number of aromatic amines is 1. The van der Waals surface area contributed by atoms with Crippen LogP contribution in [0.2, 0.25) is 0 Å². The first kappa shape index (κ1) is 46.6. The van der Waals surface area contributed by atoms with Gasteiger partial charge in [-0.1, -0.05) is 24.3 Å². The maximum atomic E-state index is 14.7. The Labute approximate surface area is 408 Å². The first-order chi connectivity index (χ1) is 33.7. The summed E-state index contributed by atoms with van der Waals surface area (Å²) in [4.78, 5) is 41.1. The molecule has 17 nitrogen and oxygen atoms in total. The number of pyridine rings is 1. The van der Waals surface area contributed by atoms with E-state index in [1.807, 2.05) is 31.2 Å². The molecule has 2 aromatic heterocycles. The highest BCUT2D eigenvalue weighted by molar-refractivity contribution is 7.90. The number of likely N-dealkylation sites (tertiary alicyclic amines) is 1. The number of sulfonamides is 1. The van der Waals surface area contributed by atoms with Crippen LogP contribution in [0, 0.1) is 28.4 Å². The van der Waals surface area contributed by atoms with E-state index in [0.29, 0.717) is 68.3 Å². The Morgan fingerprint density at radius 3 is 2.51 bits per heavy atom. The van der Waals surface area contributed by atoms with Gasteiger partial charge in [0, 0.05) is 81.4 Å². The number of hydrogen-bond acceptors (Lipinski definition) is 14. The summed E-state index contributed by atoms with van der Waals surface area (Å²) in [6, 6.07) is 22.1. The van der Waals surface area contributed by atoms with E-state index >= 15 is 0 Å². The highest BCUT2D eigenvalue weighted by atomic mass is 32.2. The summed E-state index contributed by atoms with van der Waals surface area (Å²) >= 11 is 0. The minimum Gasteiger partial charge on any atom is -0.468 e. The van der Waals surface area contributed by atoms with E-state index in [9.17, 15) is 28.4 Å². The topological polar surface area (TPSA) is 205 Å². The van der Waals surface area contributed by atoms with Gasteiger partial charge in [-0.3, -0.25) is 19.8 Å². The molecule has 1 saturated carbocycles. The van der Waals surface area contributed by atoms with Crippen LogP contribution in [0.5, 0.6) is 5.88 Å². The molecule has 70 heavy (non-hydrogen) atoms. The molecule has 4 saturated heterocycles. The highest BCUT2D eigenvalue weighted by Crippen LogP contribution is 2.55. The predicted octanol–water partition coefficient (Wildman–Crippen LogP) is 7.76. The number of nitrogens with one attached hydrogen (secondary N) is 3. The fourth-order valence-electron chi connectivity index (χ4n) is 12.1. The van der Waals surface area contributed by atoms with Crippen molar-refractivity contribution in [2.24, 2.45) is 11.3 Å². The zero-order valence-electron chi connectivity index (χ0n) is 39.8. The summed E-state index contributed by atoms with van der Waals surface area (Å²) in [6.45, 7) is 9.12. The number of rotatable bonds is 11. The van der Waals surface area contributed by atoms with Gasteiger partial charge in [-0.2, -0.15) is 4.98 Å². The van der Waals surface area contributed by atoms with Crippen LogP contribution in [0.1, 0.15) is 92.2 Å². The Morgan fingerprint density at radius 2 is 1.73 bits per heavy atom. The number of benzene rings is 3. The Balaban J connectivity index is 0.875. The molecule has 0 bridgehead atoms. The van der Waals surface area contributed by atoms with E-state index in [0.717, 1.165) is 88.1 Å². The van der Waals surface area contributed by atoms with Crippen molar-refractivity contribution >= 4 is 55.4 Å². The number of aliphatic hydroxyl groups is 1. The van der Waals surface area contributed by atoms with Crippen LogP contribution in [-0.4, -0.2) is 116 Å². The number of ether oxygens (including phenoxy) is 3. The summed E-state index contributed by atoms with van der Waals surface area (Å²) in [5.74, 6) is -0.243. The fraction of sp³-hybridized carbons (Fsp3) is 0.500. The minimum absolute atomic E-state index is 0.114. The molecule has 5 fully saturated rings. The Bertz CT molecular complexity index is 2910. The lowest BCUT2D eigenvalue weighted by Gasteiger charge is -2.58. The van der Waals surface area contributed by atoms with E-state index in [2.05, 4.69) is 60.9 Å². The van der Waals surface area contributed by atoms with E-state index < -0.39 is 43.1 Å². The third kappa shape index (κ3) is 8.97. The molecular formula is C52H62N8O9S. The van der Waals surface area contributed by atoms with E-state index in [-0.39, 0.29) is 34.7 Å². The molecule has 1 spiro atoms. The number of nitro benzene ring substituents is 1.